The van der Waals surface area contributed by atoms with Gasteiger partial charge in [-0.2, -0.15) is 0 Å². The number of piperidine rings is 1. The highest BCUT2D eigenvalue weighted by atomic mass is 16.2. The quantitative estimate of drug-likeness (QED) is 0.878. The van der Waals surface area contributed by atoms with Crippen molar-refractivity contribution >= 4 is 23.2 Å². The summed E-state index contributed by atoms with van der Waals surface area (Å²) in [5.41, 5.74) is 1.96. The number of carbonyl (C=O) groups excluding carboxylic acids is 2. The Morgan fingerprint density at radius 2 is 1.65 bits per heavy atom. The van der Waals surface area contributed by atoms with Crippen LogP contribution in [0.2, 0.25) is 0 Å². The lowest BCUT2D eigenvalue weighted by Gasteiger charge is -2.29. The maximum absolute atomic E-state index is 12.3. The summed E-state index contributed by atoms with van der Waals surface area (Å²) < 4.78 is 0. The highest BCUT2D eigenvalue weighted by Gasteiger charge is 2.23. The number of benzene rings is 1. The van der Waals surface area contributed by atoms with Gasteiger partial charge in [0.05, 0.1) is 0 Å². The van der Waals surface area contributed by atoms with Gasteiger partial charge in [-0.05, 0) is 49.4 Å². The molecule has 0 aliphatic carbocycles. The monoisotopic (exact) mass is 317 g/mol. The normalized spacial score (nSPS) is 16.1. The topological polar surface area (TPSA) is 61.4 Å². The Morgan fingerprint density at radius 3 is 2.17 bits per heavy atom. The van der Waals surface area contributed by atoms with Gasteiger partial charge in [0.2, 0.25) is 11.8 Å². The SMILES string of the molecule is CC(=O)NC(C(=O)Nc1ccc(N2CCCCC2)cc1)C(C)C. The molecule has 23 heavy (non-hydrogen) atoms. The van der Waals surface area contributed by atoms with E-state index in [1.54, 1.807) is 0 Å². The highest BCUT2D eigenvalue weighted by molar-refractivity contribution is 5.97. The number of nitrogens with zero attached hydrogens (tertiary/aromatic N) is 1. The average molecular weight is 317 g/mol. The Labute approximate surface area is 138 Å². The van der Waals surface area contributed by atoms with Crippen molar-refractivity contribution in [1.82, 2.24) is 5.32 Å². The molecule has 2 N–H and O–H groups in total. The molecule has 1 unspecified atom stereocenters. The molecule has 1 aromatic carbocycles. The standard InChI is InChI=1S/C18H27N3O2/c1-13(2)17(19-14(3)22)18(23)20-15-7-9-16(10-8-15)21-11-5-4-6-12-21/h7-10,13,17H,4-6,11-12H2,1-3H3,(H,19,22)(H,20,23). The second-order valence-corrected chi connectivity index (χ2v) is 6.51. The van der Waals surface area contributed by atoms with Crippen LogP contribution in [0.1, 0.15) is 40.0 Å². The van der Waals surface area contributed by atoms with Crippen LogP contribution in [0.5, 0.6) is 0 Å². The Kier molecular flexibility index (Phi) is 6.02. The number of anilines is 2. The van der Waals surface area contributed by atoms with Gasteiger partial charge in [-0.25, -0.2) is 0 Å². The van der Waals surface area contributed by atoms with Crippen molar-refractivity contribution in [3.8, 4) is 0 Å². The predicted molar refractivity (Wildman–Crippen MR) is 93.6 cm³/mol. The molecular weight excluding hydrogens is 290 g/mol. The second-order valence-electron chi connectivity index (χ2n) is 6.51. The van der Waals surface area contributed by atoms with Gasteiger partial charge in [0.1, 0.15) is 6.04 Å². The van der Waals surface area contributed by atoms with Gasteiger partial charge in [0.15, 0.2) is 0 Å². The van der Waals surface area contributed by atoms with Crippen LogP contribution in [-0.2, 0) is 9.59 Å². The van der Waals surface area contributed by atoms with E-state index < -0.39 is 6.04 Å². The fraction of sp³-hybridized carbons (Fsp3) is 0.556. The number of carbonyl (C=O) groups is 2. The lowest BCUT2D eigenvalue weighted by molar-refractivity contribution is -0.126. The second kappa shape index (κ2) is 7.99. The fourth-order valence-corrected chi connectivity index (χ4v) is 2.88. The molecule has 0 spiro atoms. The fourth-order valence-electron chi connectivity index (χ4n) is 2.88. The van der Waals surface area contributed by atoms with Crippen LogP contribution in [0, 0.1) is 5.92 Å². The minimum Gasteiger partial charge on any atom is -0.372 e. The van der Waals surface area contributed by atoms with E-state index in [1.165, 1.54) is 31.9 Å². The van der Waals surface area contributed by atoms with E-state index in [1.807, 2.05) is 38.1 Å². The highest BCUT2D eigenvalue weighted by Crippen LogP contribution is 2.22. The zero-order chi connectivity index (χ0) is 16.8. The summed E-state index contributed by atoms with van der Waals surface area (Å²) in [4.78, 5) is 26.0. The van der Waals surface area contributed by atoms with Crippen molar-refractivity contribution in [2.24, 2.45) is 5.92 Å². The molecule has 1 atom stereocenters. The van der Waals surface area contributed by atoms with Crippen molar-refractivity contribution in [3.05, 3.63) is 24.3 Å². The largest absolute Gasteiger partial charge is 0.372 e. The third-order valence-electron chi connectivity index (χ3n) is 4.16. The van der Waals surface area contributed by atoms with Crippen LogP contribution in [0.4, 0.5) is 11.4 Å². The maximum atomic E-state index is 12.3. The molecule has 2 amide bonds. The number of nitrogens with one attached hydrogen (secondary N) is 2. The van der Waals surface area contributed by atoms with E-state index in [0.29, 0.717) is 0 Å². The number of rotatable bonds is 5. The molecule has 1 saturated heterocycles. The molecule has 5 nitrogen and oxygen atoms in total. The van der Waals surface area contributed by atoms with Gasteiger partial charge < -0.3 is 15.5 Å². The molecule has 1 heterocycles. The van der Waals surface area contributed by atoms with Gasteiger partial charge in [-0.15, -0.1) is 0 Å². The van der Waals surface area contributed by atoms with Crippen molar-refractivity contribution < 1.29 is 9.59 Å². The molecule has 1 aliphatic heterocycles. The van der Waals surface area contributed by atoms with Gasteiger partial charge in [0.25, 0.3) is 0 Å². The third kappa shape index (κ3) is 4.98. The first-order valence-corrected chi connectivity index (χ1v) is 8.40. The molecule has 0 bridgehead atoms. The van der Waals surface area contributed by atoms with Crippen LogP contribution in [0.15, 0.2) is 24.3 Å². The molecule has 0 radical (unpaired) electrons. The van der Waals surface area contributed by atoms with Gasteiger partial charge in [-0.1, -0.05) is 13.8 Å². The number of hydrogen-bond acceptors (Lipinski definition) is 3. The zero-order valence-corrected chi connectivity index (χ0v) is 14.3. The molecule has 1 fully saturated rings. The van der Waals surface area contributed by atoms with E-state index in [-0.39, 0.29) is 17.7 Å². The lowest BCUT2D eigenvalue weighted by Crippen LogP contribution is -2.46. The number of amides is 2. The van der Waals surface area contributed by atoms with Gasteiger partial charge in [-0.3, -0.25) is 9.59 Å². The van der Waals surface area contributed by atoms with E-state index >= 15 is 0 Å². The molecule has 0 saturated carbocycles. The van der Waals surface area contributed by atoms with Crippen LogP contribution in [0.3, 0.4) is 0 Å². The van der Waals surface area contributed by atoms with Crippen molar-refractivity contribution in [3.63, 3.8) is 0 Å². The first-order chi connectivity index (χ1) is 11.0. The summed E-state index contributed by atoms with van der Waals surface area (Å²) in [7, 11) is 0. The van der Waals surface area contributed by atoms with Gasteiger partial charge >= 0.3 is 0 Å². The molecule has 1 aromatic rings. The smallest absolute Gasteiger partial charge is 0.247 e. The maximum Gasteiger partial charge on any atom is 0.247 e. The Morgan fingerprint density at radius 1 is 1.04 bits per heavy atom. The van der Waals surface area contributed by atoms with E-state index in [9.17, 15) is 9.59 Å². The minimum atomic E-state index is -0.519. The summed E-state index contributed by atoms with van der Waals surface area (Å²) in [5, 5.41) is 5.59. The van der Waals surface area contributed by atoms with Gasteiger partial charge in [0, 0.05) is 31.4 Å². The summed E-state index contributed by atoms with van der Waals surface area (Å²) in [6, 6.07) is 7.42. The van der Waals surface area contributed by atoms with E-state index in [0.717, 1.165) is 18.8 Å². The van der Waals surface area contributed by atoms with Crippen molar-refractivity contribution in [2.75, 3.05) is 23.3 Å². The summed E-state index contributed by atoms with van der Waals surface area (Å²) in [6.07, 6.45) is 3.79. The molecule has 5 heteroatoms. The molecular formula is C18H27N3O2. The van der Waals surface area contributed by atoms with Crippen LogP contribution >= 0.6 is 0 Å². The summed E-state index contributed by atoms with van der Waals surface area (Å²) in [5.74, 6) is -0.341. The zero-order valence-electron chi connectivity index (χ0n) is 14.3. The first-order valence-electron chi connectivity index (χ1n) is 8.40. The third-order valence-corrected chi connectivity index (χ3v) is 4.16. The Hall–Kier alpha value is -2.04. The summed E-state index contributed by atoms with van der Waals surface area (Å²) >= 11 is 0. The lowest BCUT2D eigenvalue weighted by atomic mass is 10.0. The molecule has 2 rings (SSSR count). The van der Waals surface area contributed by atoms with Crippen LogP contribution in [0.25, 0.3) is 0 Å². The van der Waals surface area contributed by atoms with Crippen LogP contribution in [-0.4, -0.2) is 30.9 Å². The van der Waals surface area contributed by atoms with E-state index in [2.05, 4.69) is 15.5 Å². The molecule has 0 aromatic heterocycles. The minimum absolute atomic E-state index is 0.0338. The molecule has 1 aliphatic rings. The van der Waals surface area contributed by atoms with Crippen LogP contribution < -0.4 is 15.5 Å². The predicted octanol–water partition coefficient (Wildman–Crippen LogP) is 2.78. The number of hydrogen-bond donors (Lipinski definition) is 2. The van der Waals surface area contributed by atoms with E-state index in [4.69, 9.17) is 0 Å². The first kappa shape index (κ1) is 17.3. The van der Waals surface area contributed by atoms with Crippen molar-refractivity contribution in [2.45, 2.75) is 46.1 Å². The Balaban J connectivity index is 1.98. The average Bonchev–Trinajstić information content (AvgIpc) is 2.53. The molecule has 126 valence electrons. The van der Waals surface area contributed by atoms with Crippen molar-refractivity contribution in [1.29, 1.82) is 0 Å². The Bertz CT molecular complexity index is 534. The summed E-state index contributed by atoms with van der Waals surface area (Å²) in [6.45, 7) is 7.46.